The molecule has 1 aliphatic heterocycles. The molecule has 1 heterocycles. The molecule has 1 aromatic rings. The summed E-state index contributed by atoms with van der Waals surface area (Å²) in [6.07, 6.45) is -4.21. The summed E-state index contributed by atoms with van der Waals surface area (Å²) in [7, 11) is 0. The predicted molar refractivity (Wildman–Crippen MR) is 105 cm³/mol. The van der Waals surface area contributed by atoms with Crippen molar-refractivity contribution in [3.63, 3.8) is 0 Å². The van der Waals surface area contributed by atoms with E-state index in [2.05, 4.69) is 10.3 Å². The van der Waals surface area contributed by atoms with E-state index in [4.69, 9.17) is 0 Å². The van der Waals surface area contributed by atoms with Crippen LogP contribution in [0, 0.1) is 5.82 Å². The Kier molecular flexibility index (Phi) is 9.08. The van der Waals surface area contributed by atoms with E-state index >= 15 is 0 Å². The van der Waals surface area contributed by atoms with Gasteiger partial charge in [0.15, 0.2) is 5.96 Å². The maximum atomic E-state index is 13.2. The van der Waals surface area contributed by atoms with Crippen LogP contribution in [-0.2, 0) is 6.54 Å². The van der Waals surface area contributed by atoms with Crippen molar-refractivity contribution in [2.45, 2.75) is 32.6 Å². The van der Waals surface area contributed by atoms with E-state index < -0.39 is 12.2 Å². The van der Waals surface area contributed by atoms with Crippen LogP contribution in [0.15, 0.2) is 29.3 Å². The van der Waals surface area contributed by atoms with E-state index in [9.17, 15) is 17.6 Å². The Morgan fingerprint density at radius 2 is 1.88 bits per heavy atom. The summed E-state index contributed by atoms with van der Waals surface area (Å²) in [5, 5.41) is 3.15. The maximum absolute atomic E-state index is 13.2. The molecule has 0 saturated carbocycles. The van der Waals surface area contributed by atoms with Crippen LogP contribution in [-0.4, -0.2) is 60.7 Å². The van der Waals surface area contributed by atoms with Crippen molar-refractivity contribution in [1.82, 2.24) is 15.1 Å². The molecule has 0 amide bonds. The maximum Gasteiger partial charge on any atom is 0.403 e. The molecule has 0 bridgehead atoms. The van der Waals surface area contributed by atoms with Gasteiger partial charge in [-0.1, -0.05) is 12.1 Å². The molecular formula is C17H25F4IN4. The Labute approximate surface area is 168 Å². The fraction of sp³-hybridized carbons (Fsp3) is 0.588. The minimum absolute atomic E-state index is 0. The first-order chi connectivity index (χ1) is 11.8. The van der Waals surface area contributed by atoms with Crippen molar-refractivity contribution in [2.24, 2.45) is 4.99 Å². The van der Waals surface area contributed by atoms with Crippen molar-refractivity contribution in [1.29, 1.82) is 0 Å². The summed E-state index contributed by atoms with van der Waals surface area (Å²) in [4.78, 5) is 7.88. The summed E-state index contributed by atoms with van der Waals surface area (Å²) in [5.74, 6) is 0.332. The van der Waals surface area contributed by atoms with Crippen LogP contribution in [0.25, 0.3) is 0 Å². The van der Waals surface area contributed by atoms with Gasteiger partial charge in [0, 0.05) is 32.7 Å². The van der Waals surface area contributed by atoms with Gasteiger partial charge >= 0.3 is 6.18 Å². The SMILES string of the molecule is CCNC(=NCc1cccc(F)c1)N1CCN(C(C)C(F)(F)F)CC1.I. The zero-order valence-electron chi connectivity index (χ0n) is 14.9. The number of benzene rings is 1. The number of alkyl halides is 3. The van der Waals surface area contributed by atoms with E-state index in [1.54, 1.807) is 12.1 Å². The fourth-order valence-electron chi connectivity index (χ4n) is 2.76. The fourth-order valence-corrected chi connectivity index (χ4v) is 2.76. The summed E-state index contributed by atoms with van der Waals surface area (Å²) in [5.41, 5.74) is 0.750. The first kappa shape index (κ1) is 22.9. The van der Waals surface area contributed by atoms with E-state index in [0.29, 0.717) is 45.2 Å². The topological polar surface area (TPSA) is 30.9 Å². The van der Waals surface area contributed by atoms with Gasteiger partial charge in [-0.05, 0) is 31.5 Å². The van der Waals surface area contributed by atoms with Gasteiger partial charge < -0.3 is 10.2 Å². The molecule has 1 aliphatic rings. The highest BCUT2D eigenvalue weighted by atomic mass is 127. The first-order valence-electron chi connectivity index (χ1n) is 8.39. The first-order valence-corrected chi connectivity index (χ1v) is 8.39. The van der Waals surface area contributed by atoms with Gasteiger partial charge in [0.1, 0.15) is 11.9 Å². The van der Waals surface area contributed by atoms with Crippen molar-refractivity contribution in [3.8, 4) is 0 Å². The third kappa shape index (κ3) is 6.57. The van der Waals surface area contributed by atoms with Crippen molar-refractivity contribution in [2.75, 3.05) is 32.7 Å². The number of halogens is 5. The van der Waals surface area contributed by atoms with E-state index in [1.807, 2.05) is 11.8 Å². The van der Waals surface area contributed by atoms with Gasteiger partial charge in [0.25, 0.3) is 0 Å². The van der Waals surface area contributed by atoms with Gasteiger partial charge in [0.05, 0.1) is 6.54 Å². The zero-order valence-corrected chi connectivity index (χ0v) is 17.2. The Balaban J connectivity index is 0.00000338. The molecule has 0 aromatic heterocycles. The molecule has 0 spiro atoms. The lowest BCUT2D eigenvalue weighted by Gasteiger charge is -2.39. The van der Waals surface area contributed by atoms with Crippen LogP contribution in [0.5, 0.6) is 0 Å². The molecule has 1 N–H and O–H groups in total. The van der Waals surface area contributed by atoms with Crippen molar-refractivity contribution in [3.05, 3.63) is 35.6 Å². The average Bonchev–Trinajstić information content (AvgIpc) is 2.57. The summed E-state index contributed by atoms with van der Waals surface area (Å²) < 4.78 is 51.7. The van der Waals surface area contributed by atoms with Crippen LogP contribution in [0.1, 0.15) is 19.4 Å². The molecule has 2 rings (SSSR count). The van der Waals surface area contributed by atoms with Gasteiger partial charge in [-0.25, -0.2) is 9.38 Å². The molecule has 0 aliphatic carbocycles. The van der Waals surface area contributed by atoms with Gasteiger partial charge in [-0.15, -0.1) is 24.0 Å². The Hall–Kier alpha value is -1.10. The second kappa shape index (κ2) is 10.3. The number of hydrogen-bond acceptors (Lipinski definition) is 2. The van der Waals surface area contributed by atoms with Crippen molar-refractivity contribution < 1.29 is 17.6 Å². The molecule has 9 heteroatoms. The summed E-state index contributed by atoms with van der Waals surface area (Å²) in [6.45, 7) is 5.68. The Morgan fingerprint density at radius 1 is 1.23 bits per heavy atom. The van der Waals surface area contributed by atoms with E-state index in [1.165, 1.54) is 24.0 Å². The molecule has 1 fully saturated rings. The average molecular weight is 488 g/mol. The molecule has 1 saturated heterocycles. The van der Waals surface area contributed by atoms with Gasteiger partial charge in [-0.2, -0.15) is 13.2 Å². The molecule has 26 heavy (non-hydrogen) atoms. The van der Waals surface area contributed by atoms with Gasteiger partial charge in [0.2, 0.25) is 0 Å². The number of guanidine groups is 1. The number of rotatable bonds is 4. The lowest BCUT2D eigenvalue weighted by molar-refractivity contribution is -0.181. The Morgan fingerprint density at radius 3 is 2.42 bits per heavy atom. The van der Waals surface area contributed by atoms with Crippen molar-refractivity contribution >= 4 is 29.9 Å². The minimum Gasteiger partial charge on any atom is -0.357 e. The smallest absolute Gasteiger partial charge is 0.357 e. The molecule has 1 unspecified atom stereocenters. The van der Waals surface area contributed by atoms with Crippen LogP contribution >= 0.6 is 24.0 Å². The third-order valence-corrected chi connectivity index (χ3v) is 4.27. The Bertz CT molecular complexity index is 586. The van der Waals surface area contributed by atoms with Crippen LogP contribution in [0.4, 0.5) is 17.6 Å². The zero-order chi connectivity index (χ0) is 18.4. The number of nitrogens with one attached hydrogen (secondary N) is 1. The third-order valence-electron chi connectivity index (χ3n) is 4.27. The van der Waals surface area contributed by atoms with Crippen LogP contribution in [0.3, 0.4) is 0 Å². The van der Waals surface area contributed by atoms with E-state index in [-0.39, 0.29) is 29.8 Å². The molecule has 148 valence electrons. The lowest BCUT2D eigenvalue weighted by atomic mass is 10.2. The van der Waals surface area contributed by atoms with E-state index in [0.717, 1.165) is 5.56 Å². The highest BCUT2D eigenvalue weighted by Crippen LogP contribution is 2.25. The number of piperazine rings is 1. The molecular weight excluding hydrogens is 463 g/mol. The standard InChI is InChI=1S/C17H24F4N4.HI/c1-3-22-16(23-12-14-5-4-6-15(18)11-14)25-9-7-24(8-10-25)13(2)17(19,20)21;/h4-6,11,13H,3,7-10,12H2,1-2H3,(H,22,23);1H. The van der Waals surface area contributed by atoms with Crippen LogP contribution < -0.4 is 5.32 Å². The second-order valence-electron chi connectivity index (χ2n) is 6.04. The number of aliphatic imine (C=N–C) groups is 1. The minimum atomic E-state index is -4.21. The van der Waals surface area contributed by atoms with Gasteiger partial charge in [-0.3, -0.25) is 4.90 Å². The highest BCUT2D eigenvalue weighted by molar-refractivity contribution is 14.0. The molecule has 0 radical (unpaired) electrons. The molecule has 1 atom stereocenters. The number of hydrogen-bond donors (Lipinski definition) is 1. The summed E-state index contributed by atoms with van der Waals surface area (Å²) >= 11 is 0. The quantitative estimate of drug-likeness (QED) is 0.305. The molecule has 4 nitrogen and oxygen atoms in total. The normalized spacial score (nSPS) is 17.6. The second-order valence-corrected chi connectivity index (χ2v) is 6.04. The lowest BCUT2D eigenvalue weighted by Crippen LogP contribution is -2.56. The highest BCUT2D eigenvalue weighted by Gasteiger charge is 2.41. The largest absolute Gasteiger partial charge is 0.403 e. The van der Waals surface area contributed by atoms with Crippen LogP contribution in [0.2, 0.25) is 0 Å². The predicted octanol–water partition coefficient (Wildman–Crippen LogP) is 3.48. The monoisotopic (exact) mass is 488 g/mol. The number of nitrogens with zero attached hydrogens (tertiary/aromatic N) is 3. The summed E-state index contributed by atoms with van der Waals surface area (Å²) in [6, 6.07) is 4.78. The molecule has 1 aromatic carbocycles.